The van der Waals surface area contributed by atoms with E-state index in [-0.39, 0.29) is 30.6 Å². The maximum Gasteiger partial charge on any atom is 0.221 e. The highest BCUT2D eigenvalue weighted by Gasteiger charge is 2.21. The van der Waals surface area contributed by atoms with Crippen molar-refractivity contribution in [2.75, 3.05) is 0 Å². The van der Waals surface area contributed by atoms with Crippen molar-refractivity contribution >= 4 is 23.3 Å². The summed E-state index contributed by atoms with van der Waals surface area (Å²) in [7, 11) is 1.88. The van der Waals surface area contributed by atoms with Gasteiger partial charge in [-0.2, -0.15) is 0 Å². The van der Waals surface area contributed by atoms with Gasteiger partial charge < -0.3 is 9.88 Å². The third-order valence-electron chi connectivity index (χ3n) is 4.30. The Morgan fingerprint density at radius 2 is 1.78 bits per heavy atom. The van der Waals surface area contributed by atoms with Crippen molar-refractivity contribution in [3.63, 3.8) is 0 Å². The number of nitrogens with one attached hydrogen (secondary N) is 1. The normalized spacial score (nSPS) is 11.8. The van der Waals surface area contributed by atoms with Gasteiger partial charge in [-0.15, -0.1) is 0 Å². The predicted octanol–water partition coefficient (Wildman–Crippen LogP) is 3.94. The summed E-state index contributed by atoms with van der Waals surface area (Å²) < 4.78 is 1.87. The number of Topliss-reactive ketones (excluding diaryl/α,β-unsaturated/α-hetero) is 1. The van der Waals surface area contributed by atoms with Gasteiger partial charge in [0.25, 0.3) is 0 Å². The first kappa shape index (κ1) is 18.9. The Hall–Kier alpha value is -2.92. The van der Waals surface area contributed by atoms with Gasteiger partial charge in [0.2, 0.25) is 5.91 Å². The Labute approximate surface area is 163 Å². The average Bonchev–Trinajstić information content (AvgIpc) is 3.11. The topological polar surface area (TPSA) is 64.0 Å². The molecule has 0 bridgehead atoms. The molecular weight excluding hydrogens is 362 g/mol. The number of ketones is 1. The van der Waals surface area contributed by atoms with Crippen molar-refractivity contribution in [3.05, 3.63) is 89.0 Å². The van der Waals surface area contributed by atoms with E-state index in [9.17, 15) is 9.59 Å². The minimum Gasteiger partial charge on any atom is -0.342 e. The monoisotopic (exact) mass is 381 g/mol. The van der Waals surface area contributed by atoms with E-state index in [2.05, 4.69) is 10.3 Å². The second-order valence-corrected chi connectivity index (χ2v) is 6.67. The number of imidazole rings is 1. The maximum absolute atomic E-state index is 12.5. The number of amides is 1. The molecule has 0 aliphatic heterocycles. The second-order valence-electron chi connectivity index (χ2n) is 6.24. The Kier molecular flexibility index (Phi) is 6.04. The number of rotatable bonds is 7. The summed E-state index contributed by atoms with van der Waals surface area (Å²) in [5, 5.41) is 3.57. The molecule has 27 heavy (non-hydrogen) atoms. The van der Waals surface area contributed by atoms with E-state index in [1.54, 1.807) is 30.5 Å². The minimum atomic E-state index is -0.371. The highest BCUT2D eigenvalue weighted by Crippen LogP contribution is 2.20. The first-order valence-electron chi connectivity index (χ1n) is 8.65. The van der Waals surface area contributed by atoms with Crippen molar-refractivity contribution < 1.29 is 9.59 Å². The van der Waals surface area contributed by atoms with Crippen molar-refractivity contribution in [2.24, 2.45) is 7.05 Å². The second kappa shape index (κ2) is 8.64. The zero-order valence-corrected chi connectivity index (χ0v) is 15.7. The van der Waals surface area contributed by atoms with Crippen molar-refractivity contribution in [3.8, 4) is 0 Å². The summed E-state index contributed by atoms with van der Waals surface area (Å²) in [5.41, 5.74) is 1.49. The van der Waals surface area contributed by atoms with Crippen molar-refractivity contribution in [2.45, 2.75) is 18.9 Å². The Morgan fingerprint density at radius 3 is 2.41 bits per heavy atom. The van der Waals surface area contributed by atoms with Gasteiger partial charge >= 0.3 is 0 Å². The molecule has 1 N–H and O–H groups in total. The van der Waals surface area contributed by atoms with E-state index in [1.165, 1.54) is 0 Å². The van der Waals surface area contributed by atoms with Crippen molar-refractivity contribution in [1.82, 2.24) is 14.9 Å². The molecule has 1 unspecified atom stereocenters. The lowest BCUT2D eigenvalue weighted by Crippen LogP contribution is -2.31. The highest BCUT2D eigenvalue weighted by molar-refractivity contribution is 6.30. The maximum atomic E-state index is 12.5. The highest BCUT2D eigenvalue weighted by atomic mass is 35.5. The first-order chi connectivity index (χ1) is 13.0. The van der Waals surface area contributed by atoms with Gasteiger partial charge in [-0.3, -0.25) is 9.59 Å². The molecule has 1 atom stereocenters. The molecule has 6 heteroatoms. The van der Waals surface area contributed by atoms with Gasteiger partial charge in [0.05, 0.1) is 0 Å². The third-order valence-corrected chi connectivity index (χ3v) is 4.55. The van der Waals surface area contributed by atoms with Crippen molar-refractivity contribution in [1.29, 1.82) is 0 Å². The van der Waals surface area contributed by atoms with Gasteiger partial charge in [-0.1, -0.05) is 41.9 Å². The van der Waals surface area contributed by atoms with Crippen LogP contribution in [-0.4, -0.2) is 21.2 Å². The van der Waals surface area contributed by atoms with E-state index in [4.69, 9.17) is 11.6 Å². The van der Waals surface area contributed by atoms with Crippen LogP contribution in [0.1, 0.15) is 40.6 Å². The van der Waals surface area contributed by atoms with Crippen LogP contribution in [0.15, 0.2) is 67.0 Å². The number of aryl methyl sites for hydroxylation is 1. The van der Waals surface area contributed by atoms with Crippen LogP contribution in [0.3, 0.4) is 0 Å². The number of hydrogen-bond acceptors (Lipinski definition) is 3. The molecule has 3 aromatic rings. The summed E-state index contributed by atoms with van der Waals surface area (Å²) >= 11 is 5.84. The molecule has 0 saturated heterocycles. The van der Waals surface area contributed by atoms with Gasteiger partial charge in [0.1, 0.15) is 11.9 Å². The van der Waals surface area contributed by atoms with E-state index < -0.39 is 0 Å². The van der Waals surface area contributed by atoms with Crippen LogP contribution < -0.4 is 5.32 Å². The van der Waals surface area contributed by atoms with E-state index in [0.29, 0.717) is 10.6 Å². The molecular formula is C21H20ClN3O2. The summed E-state index contributed by atoms with van der Waals surface area (Å²) in [5.74, 6) is 0.447. The average molecular weight is 382 g/mol. The summed E-state index contributed by atoms with van der Waals surface area (Å²) in [6, 6.07) is 15.9. The molecule has 2 aromatic carbocycles. The lowest BCUT2D eigenvalue weighted by atomic mass is 10.0. The fourth-order valence-corrected chi connectivity index (χ4v) is 2.96. The minimum absolute atomic E-state index is 0.0879. The van der Waals surface area contributed by atoms with E-state index >= 15 is 0 Å². The number of aromatic nitrogens is 2. The third kappa shape index (κ3) is 4.83. The standard InChI is InChI=1S/C21H20ClN3O2/c1-25-14-13-23-21(25)20(16-5-3-2-4-6-16)24-19(27)12-11-18(26)15-7-9-17(22)10-8-15/h2-10,13-14,20H,11-12H2,1H3,(H,24,27). The van der Waals surface area contributed by atoms with Crippen LogP contribution in [0.5, 0.6) is 0 Å². The Morgan fingerprint density at radius 1 is 1.07 bits per heavy atom. The molecule has 0 fully saturated rings. The van der Waals surface area contributed by atoms with Crippen LogP contribution in [0, 0.1) is 0 Å². The van der Waals surface area contributed by atoms with E-state index in [0.717, 1.165) is 11.4 Å². The number of benzene rings is 2. The fraction of sp³-hybridized carbons (Fsp3) is 0.190. The molecule has 138 valence electrons. The molecule has 1 aromatic heterocycles. The summed E-state index contributed by atoms with van der Waals surface area (Å²) in [6.07, 6.45) is 3.77. The van der Waals surface area contributed by atoms with Crippen LogP contribution in [-0.2, 0) is 11.8 Å². The molecule has 1 heterocycles. The number of nitrogens with zero attached hydrogens (tertiary/aromatic N) is 2. The van der Waals surface area contributed by atoms with Gasteiger partial charge in [0.15, 0.2) is 5.78 Å². The fourth-order valence-electron chi connectivity index (χ4n) is 2.84. The summed E-state index contributed by atoms with van der Waals surface area (Å²) in [6.45, 7) is 0. The molecule has 3 rings (SSSR count). The number of carbonyl (C=O) groups excluding carboxylic acids is 2. The largest absolute Gasteiger partial charge is 0.342 e. The molecule has 0 saturated carbocycles. The molecule has 5 nitrogen and oxygen atoms in total. The number of carbonyl (C=O) groups is 2. The smallest absolute Gasteiger partial charge is 0.221 e. The molecule has 1 amide bonds. The zero-order valence-electron chi connectivity index (χ0n) is 14.9. The predicted molar refractivity (Wildman–Crippen MR) is 105 cm³/mol. The zero-order chi connectivity index (χ0) is 19.2. The van der Waals surface area contributed by atoms with Gasteiger partial charge in [-0.05, 0) is 29.8 Å². The molecule has 0 aliphatic carbocycles. The van der Waals surface area contributed by atoms with Crippen LogP contribution in [0.4, 0.5) is 0 Å². The van der Waals surface area contributed by atoms with Gasteiger partial charge in [-0.25, -0.2) is 4.98 Å². The summed E-state index contributed by atoms with van der Waals surface area (Å²) in [4.78, 5) is 29.1. The molecule has 0 aliphatic rings. The Bertz CT molecular complexity index is 920. The quantitative estimate of drug-likeness (QED) is 0.630. The van der Waals surface area contributed by atoms with Crippen LogP contribution in [0.25, 0.3) is 0 Å². The molecule has 0 radical (unpaired) electrons. The lowest BCUT2D eigenvalue weighted by molar-refractivity contribution is -0.121. The number of hydrogen-bond donors (Lipinski definition) is 1. The van der Waals surface area contributed by atoms with Crippen LogP contribution >= 0.6 is 11.6 Å². The first-order valence-corrected chi connectivity index (χ1v) is 9.02. The van der Waals surface area contributed by atoms with Crippen LogP contribution in [0.2, 0.25) is 5.02 Å². The van der Waals surface area contributed by atoms with E-state index in [1.807, 2.05) is 48.1 Å². The number of halogens is 1. The Balaban J connectivity index is 1.67. The lowest BCUT2D eigenvalue weighted by Gasteiger charge is -2.19. The van der Waals surface area contributed by atoms with Gasteiger partial charge in [0, 0.05) is 42.9 Å². The SMILES string of the molecule is Cn1ccnc1C(NC(=O)CCC(=O)c1ccc(Cl)cc1)c1ccccc1. The molecule has 0 spiro atoms.